The largest absolute Gasteiger partial charge is 0.391 e. The molecule has 2 N–H and O–H groups in total. The summed E-state index contributed by atoms with van der Waals surface area (Å²) in [5.74, 6) is 0. The summed E-state index contributed by atoms with van der Waals surface area (Å²) in [5, 5.41) is 11.0. The molecule has 1 aliphatic rings. The summed E-state index contributed by atoms with van der Waals surface area (Å²) in [6, 6.07) is 1.95. The van der Waals surface area contributed by atoms with Gasteiger partial charge in [0, 0.05) is 21.8 Å². The van der Waals surface area contributed by atoms with Crippen LogP contribution in [0.2, 0.25) is 0 Å². The Kier molecular flexibility index (Phi) is 4.86. The molecule has 7 heteroatoms. The van der Waals surface area contributed by atoms with Gasteiger partial charge in [-0.3, -0.25) is 0 Å². The number of nitrogens with zero attached hydrogens (tertiary/aromatic N) is 1. The Bertz CT molecular complexity index is 558. The summed E-state index contributed by atoms with van der Waals surface area (Å²) in [6.07, 6.45) is 3.13. The molecule has 1 aromatic heterocycles. The van der Waals surface area contributed by atoms with Crippen molar-refractivity contribution in [3.63, 3.8) is 0 Å². The highest BCUT2D eigenvalue weighted by atomic mass is 32.2. The average molecular weight is 318 g/mol. The molecule has 5 nitrogen and oxygen atoms in total. The first-order chi connectivity index (χ1) is 9.35. The van der Waals surface area contributed by atoms with E-state index in [1.54, 1.807) is 13.0 Å². The Hall–Kier alpha value is -0.470. The highest BCUT2D eigenvalue weighted by molar-refractivity contribution is 7.89. The molecule has 114 valence electrons. The number of aliphatic hydroxyl groups excluding tert-OH is 1. The minimum Gasteiger partial charge on any atom is -0.391 e. The van der Waals surface area contributed by atoms with Crippen LogP contribution in [0.4, 0.5) is 0 Å². The second-order valence-corrected chi connectivity index (χ2v) is 8.39. The van der Waals surface area contributed by atoms with E-state index in [-0.39, 0.29) is 23.6 Å². The van der Waals surface area contributed by atoms with Crippen molar-refractivity contribution in [3.8, 4) is 0 Å². The Balaban J connectivity index is 2.24. The number of nitrogens with one attached hydrogen (secondary N) is 1. The van der Waals surface area contributed by atoms with Gasteiger partial charge in [0.25, 0.3) is 10.0 Å². The fraction of sp³-hybridized carbons (Fsp3) is 0.692. The Morgan fingerprint density at radius 2 is 2.00 bits per heavy atom. The van der Waals surface area contributed by atoms with Crippen molar-refractivity contribution in [1.29, 1.82) is 0 Å². The molecule has 2 rings (SSSR count). The Morgan fingerprint density at radius 3 is 2.50 bits per heavy atom. The van der Waals surface area contributed by atoms with E-state index in [2.05, 4.69) is 4.83 Å². The maximum atomic E-state index is 12.5. The first-order valence-corrected chi connectivity index (χ1v) is 9.16. The van der Waals surface area contributed by atoms with Crippen LogP contribution in [-0.2, 0) is 16.6 Å². The van der Waals surface area contributed by atoms with Crippen molar-refractivity contribution < 1.29 is 13.5 Å². The number of hydrogen-bond acceptors (Lipinski definition) is 5. The molecule has 1 aromatic rings. The Labute approximate surface area is 124 Å². The van der Waals surface area contributed by atoms with Gasteiger partial charge in [-0.15, -0.1) is 16.2 Å². The van der Waals surface area contributed by atoms with Gasteiger partial charge in [-0.2, -0.15) is 0 Å². The van der Waals surface area contributed by atoms with Gasteiger partial charge in [-0.1, -0.05) is 6.42 Å². The molecule has 0 aliphatic carbocycles. The third-order valence-electron chi connectivity index (χ3n) is 3.79. The fourth-order valence-corrected chi connectivity index (χ4v) is 5.39. The number of thiophene rings is 1. The van der Waals surface area contributed by atoms with Crippen LogP contribution >= 0.6 is 11.3 Å². The van der Waals surface area contributed by atoms with Crippen LogP contribution in [0.3, 0.4) is 0 Å². The molecule has 0 radical (unpaired) electrons. The van der Waals surface area contributed by atoms with E-state index < -0.39 is 10.0 Å². The fourth-order valence-electron chi connectivity index (χ4n) is 2.66. The zero-order valence-corrected chi connectivity index (χ0v) is 13.7. The second kappa shape index (κ2) is 6.11. The predicted octanol–water partition coefficient (Wildman–Crippen LogP) is 2.01. The van der Waals surface area contributed by atoms with Crippen molar-refractivity contribution >= 4 is 21.4 Å². The lowest BCUT2D eigenvalue weighted by Gasteiger charge is -2.38. The third kappa shape index (κ3) is 3.23. The first-order valence-electron chi connectivity index (χ1n) is 6.86. The number of piperidine rings is 1. The van der Waals surface area contributed by atoms with E-state index in [0.717, 1.165) is 19.3 Å². The van der Waals surface area contributed by atoms with E-state index in [1.165, 1.54) is 11.3 Å². The zero-order valence-electron chi connectivity index (χ0n) is 12.1. The van der Waals surface area contributed by atoms with Crippen LogP contribution in [0.5, 0.6) is 0 Å². The average Bonchev–Trinajstić information content (AvgIpc) is 2.76. The van der Waals surface area contributed by atoms with E-state index in [0.29, 0.717) is 9.75 Å². The SMILES string of the molecule is Cc1sc(CO)cc1S(=O)(=O)NN1C(C)CCCC1C. The first kappa shape index (κ1) is 15.9. The molecule has 1 fully saturated rings. The monoisotopic (exact) mass is 318 g/mol. The molecule has 0 aromatic carbocycles. The van der Waals surface area contributed by atoms with Crippen molar-refractivity contribution in [3.05, 3.63) is 15.8 Å². The van der Waals surface area contributed by atoms with Gasteiger partial charge < -0.3 is 5.11 Å². The van der Waals surface area contributed by atoms with Crippen molar-refractivity contribution in [2.75, 3.05) is 0 Å². The molecule has 2 unspecified atom stereocenters. The summed E-state index contributed by atoms with van der Waals surface area (Å²) < 4.78 is 25.0. The maximum absolute atomic E-state index is 12.5. The van der Waals surface area contributed by atoms with Crippen molar-refractivity contribution in [2.24, 2.45) is 0 Å². The maximum Gasteiger partial charge on any atom is 0.254 e. The van der Waals surface area contributed by atoms with Crippen LogP contribution < -0.4 is 4.83 Å². The molecule has 0 bridgehead atoms. The highest BCUT2D eigenvalue weighted by Crippen LogP contribution is 2.27. The van der Waals surface area contributed by atoms with Gasteiger partial charge in [0.2, 0.25) is 0 Å². The molecule has 2 heterocycles. The minimum absolute atomic E-state index is 0.127. The third-order valence-corrected chi connectivity index (χ3v) is 6.41. The topological polar surface area (TPSA) is 69.6 Å². The van der Waals surface area contributed by atoms with Gasteiger partial charge in [0.15, 0.2) is 0 Å². The standard InChI is InChI=1S/C13H22N2O3S2/c1-9-5-4-6-10(2)15(9)14-20(17,18)13-7-12(8-16)19-11(13)3/h7,9-10,14,16H,4-6,8H2,1-3H3. The van der Waals surface area contributed by atoms with Crippen LogP contribution in [-0.4, -0.2) is 30.6 Å². The van der Waals surface area contributed by atoms with Crippen molar-refractivity contribution in [2.45, 2.75) is 63.6 Å². The van der Waals surface area contributed by atoms with E-state index in [1.807, 2.05) is 18.9 Å². The summed E-state index contributed by atoms with van der Waals surface area (Å²) in [4.78, 5) is 4.37. The van der Waals surface area contributed by atoms with Gasteiger partial charge >= 0.3 is 0 Å². The summed E-state index contributed by atoms with van der Waals surface area (Å²) in [5.41, 5.74) is 0. The van der Waals surface area contributed by atoms with Crippen molar-refractivity contribution in [1.82, 2.24) is 9.84 Å². The van der Waals surface area contributed by atoms with Gasteiger partial charge in [0.05, 0.1) is 11.5 Å². The molecule has 1 saturated heterocycles. The Morgan fingerprint density at radius 1 is 1.40 bits per heavy atom. The van der Waals surface area contributed by atoms with E-state index in [4.69, 9.17) is 5.11 Å². The van der Waals surface area contributed by atoms with Gasteiger partial charge in [-0.05, 0) is 39.7 Å². The molecule has 20 heavy (non-hydrogen) atoms. The zero-order chi connectivity index (χ0) is 14.9. The summed E-state index contributed by atoms with van der Waals surface area (Å²) in [6.45, 7) is 5.72. The van der Waals surface area contributed by atoms with E-state index in [9.17, 15) is 8.42 Å². The molecule has 0 spiro atoms. The number of aryl methyl sites for hydroxylation is 1. The molecular formula is C13H22N2O3S2. The molecule has 0 saturated carbocycles. The van der Waals surface area contributed by atoms with Crippen LogP contribution in [0.15, 0.2) is 11.0 Å². The smallest absolute Gasteiger partial charge is 0.254 e. The molecule has 0 amide bonds. The summed E-state index contributed by atoms with van der Waals surface area (Å²) >= 11 is 1.32. The number of hydrogen-bond donors (Lipinski definition) is 2. The summed E-state index contributed by atoms with van der Waals surface area (Å²) in [7, 11) is -3.57. The van der Waals surface area contributed by atoms with E-state index >= 15 is 0 Å². The highest BCUT2D eigenvalue weighted by Gasteiger charge is 2.30. The number of hydrazine groups is 1. The number of rotatable bonds is 4. The molecule has 2 atom stereocenters. The van der Waals surface area contributed by atoms with Crippen LogP contribution in [0.1, 0.15) is 42.9 Å². The normalized spacial score (nSPS) is 25.0. The van der Waals surface area contributed by atoms with Gasteiger partial charge in [-0.25, -0.2) is 13.4 Å². The number of sulfonamides is 1. The minimum atomic E-state index is -3.57. The quantitative estimate of drug-likeness (QED) is 0.891. The lowest BCUT2D eigenvalue weighted by Crippen LogP contribution is -2.53. The van der Waals surface area contributed by atoms with Crippen LogP contribution in [0.25, 0.3) is 0 Å². The molecule has 1 aliphatic heterocycles. The predicted molar refractivity (Wildman–Crippen MR) is 79.9 cm³/mol. The lowest BCUT2D eigenvalue weighted by atomic mass is 10.0. The lowest BCUT2D eigenvalue weighted by molar-refractivity contribution is 0.0790. The molecular weight excluding hydrogens is 296 g/mol. The number of aliphatic hydroxyl groups is 1. The van der Waals surface area contributed by atoms with Gasteiger partial charge in [0.1, 0.15) is 0 Å². The second-order valence-electron chi connectivity index (χ2n) is 5.42. The van der Waals surface area contributed by atoms with Crippen LogP contribution in [0, 0.1) is 6.92 Å².